The lowest BCUT2D eigenvalue weighted by Crippen LogP contribution is -2.36. The van der Waals surface area contributed by atoms with Crippen LogP contribution in [0.1, 0.15) is 31.4 Å². The van der Waals surface area contributed by atoms with Gasteiger partial charge in [0.25, 0.3) is 0 Å². The van der Waals surface area contributed by atoms with Crippen molar-refractivity contribution in [1.29, 1.82) is 0 Å². The van der Waals surface area contributed by atoms with Crippen molar-refractivity contribution in [3.8, 4) is 0 Å². The fourth-order valence-electron chi connectivity index (χ4n) is 2.40. The number of hydrogen-bond donors (Lipinski definition) is 1. The lowest BCUT2D eigenvalue weighted by molar-refractivity contribution is 0.0819. The maximum Gasteiger partial charge on any atom is 0.0605 e. The highest BCUT2D eigenvalue weighted by Crippen LogP contribution is 2.31. The molecule has 1 aromatic carbocycles. The van der Waals surface area contributed by atoms with Crippen LogP contribution in [0.3, 0.4) is 0 Å². The Balaban J connectivity index is 2.10. The van der Waals surface area contributed by atoms with Gasteiger partial charge in [-0.25, -0.2) is 0 Å². The quantitative estimate of drug-likeness (QED) is 0.932. The van der Waals surface area contributed by atoms with E-state index in [1.165, 1.54) is 5.69 Å². The Morgan fingerprint density at radius 1 is 1.39 bits per heavy atom. The molecule has 1 fully saturated rings. The number of ether oxygens (including phenoxy) is 1. The van der Waals surface area contributed by atoms with Crippen molar-refractivity contribution in [2.24, 2.45) is 5.73 Å². The van der Waals surface area contributed by atoms with Gasteiger partial charge in [-0.15, -0.1) is 0 Å². The van der Waals surface area contributed by atoms with Gasteiger partial charge in [-0.3, -0.25) is 0 Å². The predicted octanol–water partition coefficient (Wildman–Crippen LogP) is 3.08. The maximum atomic E-state index is 5.90. The Labute approximate surface area is 117 Å². The molecule has 0 aliphatic carbocycles. The number of hydrogen-bond acceptors (Lipinski definition) is 3. The second-order valence-corrected chi connectivity index (χ2v) is 5.78. The van der Waals surface area contributed by atoms with E-state index in [4.69, 9.17) is 10.5 Å². The topological polar surface area (TPSA) is 38.5 Å². The molecule has 1 aromatic rings. The second-order valence-electron chi connectivity index (χ2n) is 4.92. The number of nitrogens with two attached hydrogens (primary N) is 1. The number of benzene rings is 1. The summed E-state index contributed by atoms with van der Waals surface area (Å²) in [7, 11) is 1.80. The highest BCUT2D eigenvalue weighted by molar-refractivity contribution is 9.10. The van der Waals surface area contributed by atoms with Gasteiger partial charge in [-0.05, 0) is 53.4 Å². The third-order valence-electron chi connectivity index (χ3n) is 3.61. The molecule has 1 aliphatic rings. The Bertz CT molecular complexity index is 401. The molecule has 1 aliphatic heterocycles. The largest absolute Gasteiger partial charge is 0.381 e. The van der Waals surface area contributed by atoms with Crippen molar-refractivity contribution >= 4 is 21.6 Å². The summed E-state index contributed by atoms with van der Waals surface area (Å²) >= 11 is 3.65. The summed E-state index contributed by atoms with van der Waals surface area (Å²) in [5.74, 6) is 0. The summed E-state index contributed by atoms with van der Waals surface area (Å²) in [4.78, 5) is 2.41. The zero-order valence-electron chi connectivity index (χ0n) is 11.0. The Morgan fingerprint density at radius 2 is 2.06 bits per heavy atom. The average molecular weight is 313 g/mol. The molecule has 0 amide bonds. The molecular weight excluding hydrogens is 292 g/mol. The summed E-state index contributed by atoms with van der Waals surface area (Å²) < 4.78 is 6.53. The van der Waals surface area contributed by atoms with E-state index in [9.17, 15) is 0 Å². The van der Waals surface area contributed by atoms with Crippen LogP contribution in [0.4, 0.5) is 5.69 Å². The van der Waals surface area contributed by atoms with Crippen LogP contribution in [-0.4, -0.2) is 26.3 Å². The summed E-state index contributed by atoms with van der Waals surface area (Å²) in [5, 5.41) is 0. The first kappa shape index (κ1) is 13.8. The SMILES string of the molecule is COC1CCN(c2ccc([C@@H](C)N)cc2Br)CC1. The first-order valence-electron chi connectivity index (χ1n) is 6.44. The summed E-state index contributed by atoms with van der Waals surface area (Å²) in [6.07, 6.45) is 2.61. The van der Waals surface area contributed by atoms with Crippen LogP contribution in [-0.2, 0) is 4.74 Å². The van der Waals surface area contributed by atoms with E-state index >= 15 is 0 Å². The van der Waals surface area contributed by atoms with Crippen LogP contribution < -0.4 is 10.6 Å². The van der Waals surface area contributed by atoms with Crippen molar-refractivity contribution in [3.63, 3.8) is 0 Å². The number of rotatable bonds is 3. The molecule has 1 atom stereocenters. The first-order valence-corrected chi connectivity index (χ1v) is 7.24. The summed E-state index contributed by atoms with van der Waals surface area (Å²) in [6, 6.07) is 6.49. The molecular formula is C14H21BrN2O. The minimum absolute atomic E-state index is 0.0783. The molecule has 4 heteroatoms. The van der Waals surface area contributed by atoms with Crippen LogP contribution in [0.5, 0.6) is 0 Å². The van der Waals surface area contributed by atoms with E-state index in [0.29, 0.717) is 6.10 Å². The lowest BCUT2D eigenvalue weighted by atomic mass is 10.1. The zero-order valence-corrected chi connectivity index (χ0v) is 12.6. The Morgan fingerprint density at radius 3 is 2.56 bits per heavy atom. The van der Waals surface area contributed by atoms with E-state index < -0.39 is 0 Å². The molecule has 2 N–H and O–H groups in total. The number of anilines is 1. The van der Waals surface area contributed by atoms with Crippen molar-refractivity contribution in [1.82, 2.24) is 0 Å². The fraction of sp³-hybridized carbons (Fsp3) is 0.571. The van der Waals surface area contributed by atoms with Gasteiger partial charge in [0.1, 0.15) is 0 Å². The van der Waals surface area contributed by atoms with Crippen LogP contribution in [0.15, 0.2) is 22.7 Å². The summed E-state index contributed by atoms with van der Waals surface area (Å²) in [5.41, 5.74) is 8.32. The van der Waals surface area contributed by atoms with Gasteiger partial charge >= 0.3 is 0 Å². The van der Waals surface area contributed by atoms with E-state index in [2.05, 4.69) is 39.0 Å². The van der Waals surface area contributed by atoms with Gasteiger partial charge in [-0.1, -0.05) is 6.07 Å². The third-order valence-corrected chi connectivity index (χ3v) is 4.25. The van der Waals surface area contributed by atoms with Crippen molar-refractivity contribution in [2.45, 2.75) is 31.9 Å². The predicted molar refractivity (Wildman–Crippen MR) is 79.0 cm³/mol. The number of piperidine rings is 1. The minimum atomic E-state index is 0.0783. The van der Waals surface area contributed by atoms with Gasteiger partial charge in [0.05, 0.1) is 11.8 Å². The molecule has 3 nitrogen and oxygen atoms in total. The Kier molecular flexibility index (Phi) is 4.65. The fourth-order valence-corrected chi connectivity index (χ4v) is 3.04. The highest BCUT2D eigenvalue weighted by Gasteiger charge is 2.20. The van der Waals surface area contributed by atoms with Gasteiger partial charge in [0.2, 0.25) is 0 Å². The molecule has 2 rings (SSSR count). The third kappa shape index (κ3) is 3.05. The van der Waals surface area contributed by atoms with Crippen LogP contribution in [0.25, 0.3) is 0 Å². The normalized spacial score (nSPS) is 19.0. The molecule has 0 aromatic heterocycles. The van der Waals surface area contributed by atoms with Crippen LogP contribution in [0.2, 0.25) is 0 Å². The minimum Gasteiger partial charge on any atom is -0.381 e. The molecule has 0 unspecified atom stereocenters. The van der Waals surface area contributed by atoms with E-state index in [1.54, 1.807) is 7.11 Å². The Hall–Kier alpha value is -0.580. The van der Waals surface area contributed by atoms with E-state index in [1.807, 2.05) is 6.92 Å². The molecule has 0 spiro atoms. The monoisotopic (exact) mass is 312 g/mol. The van der Waals surface area contributed by atoms with Gasteiger partial charge in [-0.2, -0.15) is 0 Å². The van der Waals surface area contributed by atoms with Crippen LogP contribution in [0, 0.1) is 0 Å². The van der Waals surface area contributed by atoms with E-state index in [-0.39, 0.29) is 6.04 Å². The zero-order chi connectivity index (χ0) is 13.1. The van der Waals surface area contributed by atoms with Gasteiger partial charge in [0, 0.05) is 30.7 Å². The molecule has 1 heterocycles. The van der Waals surface area contributed by atoms with Gasteiger partial charge in [0.15, 0.2) is 0 Å². The van der Waals surface area contributed by atoms with Crippen LogP contribution >= 0.6 is 15.9 Å². The number of halogens is 1. The second kappa shape index (κ2) is 6.04. The average Bonchev–Trinajstić information content (AvgIpc) is 2.38. The van der Waals surface area contributed by atoms with Crippen molar-refractivity contribution in [3.05, 3.63) is 28.2 Å². The molecule has 1 saturated heterocycles. The molecule has 100 valence electrons. The standard InChI is InChI=1S/C14H21BrN2O/c1-10(16)11-3-4-14(13(15)9-11)17-7-5-12(18-2)6-8-17/h3-4,9-10,12H,5-8,16H2,1-2H3/t10-/m1/s1. The van der Waals surface area contributed by atoms with Crippen molar-refractivity contribution in [2.75, 3.05) is 25.1 Å². The lowest BCUT2D eigenvalue weighted by Gasteiger charge is -2.33. The molecule has 18 heavy (non-hydrogen) atoms. The van der Waals surface area contributed by atoms with Gasteiger partial charge < -0.3 is 15.4 Å². The molecule has 0 radical (unpaired) electrons. The smallest absolute Gasteiger partial charge is 0.0605 e. The molecule has 0 saturated carbocycles. The number of methoxy groups -OCH3 is 1. The number of nitrogens with zero attached hydrogens (tertiary/aromatic N) is 1. The highest BCUT2D eigenvalue weighted by atomic mass is 79.9. The summed E-state index contributed by atoms with van der Waals surface area (Å²) in [6.45, 7) is 4.11. The maximum absolute atomic E-state index is 5.90. The van der Waals surface area contributed by atoms with Crippen molar-refractivity contribution < 1.29 is 4.74 Å². The first-order chi connectivity index (χ1) is 8.61. The molecule has 0 bridgehead atoms. The van der Waals surface area contributed by atoms with E-state index in [0.717, 1.165) is 36.0 Å².